The fourth-order valence-electron chi connectivity index (χ4n) is 2.44. The molecule has 0 saturated carbocycles. The maximum Gasteiger partial charge on any atom is 0.135 e. The van der Waals surface area contributed by atoms with Crippen LogP contribution in [0.1, 0.15) is 28.5 Å². The van der Waals surface area contributed by atoms with Gasteiger partial charge in [0.2, 0.25) is 0 Å². The molecular formula is C17H16BrNO. The zero-order chi connectivity index (χ0) is 14.3. The van der Waals surface area contributed by atoms with Crippen LogP contribution in [0, 0.1) is 13.8 Å². The van der Waals surface area contributed by atoms with E-state index in [1.54, 1.807) is 0 Å². The number of hydrogen-bond acceptors (Lipinski definition) is 2. The van der Waals surface area contributed by atoms with Crippen molar-refractivity contribution in [3.63, 3.8) is 0 Å². The molecule has 0 saturated heterocycles. The SMILES string of the molecule is Cc1ccc(C(N)c2oc3cc(Br)ccc3c2C)cc1. The van der Waals surface area contributed by atoms with Gasteiger partial charge < -0.3 is 10.2 Å². The fraction of sp³-hybridized carbons (Fsp3) is 0.176. The average molecular weight is 330 g/mol. The first kappa shape index (κ1) is 13.4. The highest BCUT2D eigenvalue weighted by Crippen LogP contribution is 2.32. The second-order valence-corrected chi connectivity index (χ2v) is 6.04. The Bertz CT molecular complexity index is 759. The number of furan rings is 1. The van der Waals surface area contributed by atoms with Crippen molar-refractivity contribution in [1.82, 2.24) is 0 Å². The van der Waals surface area contributed by atoms with Crippen LogP contribution in [0.25, 0.3) is 11.0 Å². The van der Waals surface area contributed by atoms with Crippen LogP contribution in [0.3, 0.4) is 0 Å². The lowest BCUT2D eigenvalue weighted by atomic mass is 10.0. The van der Waals surface area contributed by atoms with Crippen molar-refractivity contribution >= 4 is 26.9 Å². The van der Waals surface area contributed by atoms with E-state index >= 15 is 0 Å². The molecule has 2 N–H and O–H groups in total. The standard InChI is InChI=1S/C17H16BrNO/c1-10-3-5-12(6-4-10)16(19)17-11(2)14-8-7-13(18)9-15(14)20-17/h3-9,16H,19H2,1-2H3. The van der Waals surface area contributed by atoms with Gasteiger partial charge in [0, 0.05) is 15.4 Å². The molecule has 1 aromatic heterocycles. The van der Waals surface area contributed by atoms with Crippen LogP contribution >= 0.6 is 15.9 Å². The van der Waals surface area contributed by atoms with Crippen molar-refractivity contribution in [3.8, 4) is 0 Å². The van der Waals surface area contributed by atoms with Gasteiger partial charge in [0.1, 0.15) is 11.3 Å². The first-order valence-corrected chi connectivity index (χ1v) is 7.36. The Morgan fingerprint density at radius 2 is 1.75 bits per heavy atom. The molecule has 0 fully saturated rings. The number of benzene rings is 2. The average Bonchev–Trinajstić information content (AvgIpc) is 2.75. The van der Waals surface area contributed by atoms with Crippen LogP contribution in [-0.4, -0.2) is 0 Å². The van der Waals surface area contributed by atoms with Gasteiger partial charge >= 0.3 is 0 Å². The molecule has 0 spiro atoms. The highest BCUT2D eigenvalue weighted by Gasteiger charge is 2.18. The molecule has 2 nitrogen and oxygen atoms in total. The molecule has 3 aromatic rings. The summed E-state index contributed by atoms with van der Waals surface area (Å²) in [6, 6.07) is 14.1. The van der Waals surface area contributed by atoms with Crippen LogP contribution in [-0.2, 0) is 0 Å². The molecule has 1 heterocycles. The second-order valence-electron chi connectivity index (χ2n) is 5.12. The van der Waals surface area contributed by atoms with E-state index in [-0.39, 0.29) is 6.04 Å². The highest BCUT2D eigenvalue weighted by atomic mass is 79.9. The third-order valence-corrected chi connectivity index (χ3v) is 4.15. The minimum absolute atomic E-state index is 0.234. The molecule has 0 bridgehead atoms. The lowest BCUT2D eigenvalue weighted by molar-refractivity contribution is 0.521. The van der Waals surface area contributed by atoms with Crippen molar-refractivity contribution in [2.24, 2.45) is 5.73 Å². The van der Waals surface area contributed by atoms with E-state index in [1.807, 2.05) is 12.1 Å². The number of rotatable bonds is 2. The number of fused-ring (bicyclic) bond motifs is 1. The van der Waals surface area contributed by atoms with Crippen molar-refractivity contribution in [3.05, 3.63) is 69.4 Å². The molecule has 0 aliphatic rings. The summed E-state index contributed by atoms with van der Waals surface area (Å²) < 4.78 is 6.98. The zero-order valence-electron chi connectivity index (χ0n) is 11.5. The van der Waals surface area contributed by atoms with Crippen LogP contribution < -0.4 is 5.73 Å². The van der Waals surface area contributed by atoms with Gasteiger partial charge in [0.15, 0.2) is 0 Å². The number of aryl methyl sites for hydroxylation is 2. The Balaban J connectivity index is 2.09. The monoisotopic (exact) mass is 329 g/mol. The zero-order valence-corrected chi connectivity index (χ0v) is 13.1. The molecule has 0 aliphatic carbocycles. The molecule has 102 valence electrons. The number of nitrogens with two attached hydrogens (primary N) is 1. The number of hydrogen-bond donors (Lipinski definition) is 1. The largest absolute Gasteiger partial charge is 0.459 e. The molecule has 20 heavy (non-hydrogen) atoms. The first-order valence-electron chi connectivity index (χ1n) is 6.57. The minimum atomic E-state index is -0.234. The van der Waals surface area contributed by atoms with Gasteiger partial charge in [-0.1, -0.05) is 45.8 Å². The minimum Gasteiger partial charge on any atom is -0.459 e. The van der Waals surface area contributed by atoms with E-state index in [9.17, 15) is 0 Å². The van der Waals surface area contributed by atoms with Gasteiger partial charge in [-0.15, -0.1) is 0 Å². The van der Waals surface area contributed by atoms with Crippen molar-refractivity contribution in [2.75, 3.05) is 0 Å². The summed E-state index contributed by atoms with van der Waals surface area (Å²) in [5.74, 6) is 0.835. The van der Waals surface area contributed by atoms with Crippen LogP contribution in [0.2, 0.25) is 0 Å². The van der Waals surface area contributed by atoms with E-state index in [0.717, 1.165) is 32.3 Å². The van der Waals surface area contributed by atoms with E-state index in [2.05, 4.69) is 60.1 Å². The van der Waals surface area contributed by atoms with Crippen LogP contribution in [0.5, 0.6) is 0 Å². The Kier molecular flexibility index (Phi) is 3.40. The molecule has 1 unspecified atom stereocenters. The van der Waals surface area contributed by atoms with E-state index < -0.39 is 0 Å². The lowest BCUT2D eigenvalue weighted by Crippen LogP contribution is -2.11. The highest BCUT2D eigenvalue weighted by molar-refractivity contribution is 9.10. The molecule has 3 heteroatoms. The van der Waals surface area contributed by atoms with Crippen LogP contribution in [0.4, 0.5) is 0 Å². The molecule has 1 atom stereocenters. The number of halogens is 1. The Labute approximate surface area is 126 Å². The van der Waals surface area contributed by atoms with Gasteiger partial charge in [-0.25, -0.2) is 0 Å². The maximum absolute atomic E-state index is 6.36. The lowest BCUT2D eigenvalue weighted by Gasteiger charge is -2.10. The fourth-order valence-corrected chi connectivity index (χ4v) is 2.78. The maximum atomic E-state index is 6.36. The van der Waals surface area contributed by atoms with Gasteiger partial charge in [-0.2, -0.15) is 0 Å². The predicted octanol–water partition coefficient (Wildman–Crippen LogP) is 4.86. The van der Waals surface area contributed by atoms with Crippen molar-refractivity contribution < 1.29 is 4.42 Å². The van der Waals surface area contributed by atoms with Gasteiger partial charge in [-0.3, -0.25) is 0 Å². The Hall–Kier alpha value is -1.58. The van der Waals surface area contributed by atoms with Gasteiger partial charge in [0.25, 0.3) is 0 Å². The van der Waals surface area contributed by atoms with Crippen molar-refractivity contribution in [2.45, 2.75) is 19.9 Å². The topological polar surface area (TPSA) is 39.2 Å². The predicted molar refractivity (Wildman–Crippen MR) is 85.9 cm³/mol. The van der Waals surface area contributed by atoms with Gasteiger partial charge in [0.05, 0.1) is 6.04 Å². The van der Waals surface area contributed by atoms with E-state index in [4.69, 9.17) is 10.2 Å². The van der Waals surface area contributed by atoms with E-state index in [0.29, 0.717) is 0 Å². The van der Waals surface area contributed by atoms with Crippen molar-refractivity contribution in [1.29, 1.82) is 0 Å². The Morgan fingerprint density at radius 1 is 1.05 bits per heavy atom. The molecule has 2 aromatic carbocycles. The molecule has 3 rings (SSSR count). The smallest absolute Gasteiger partial charge is 0.135 e. The van der Waals surface area contributed by atoms with Crippen LogP contribution in [0.15, 0.2) is 51.4 Å². The molecule has 0 radical (unpaired) electrons. The summed E-state index contributed by atoms with van der Waals surface area (Å²) in [5.41, 5.74) is 10.6. The second kappa shape index (κ2) is 5.08. The summed E-state index contributed by atoms with van der Waals surface area (Å²) in [7, 11) is 0. The normalized spacial score (nSPS) is 12.8. The molecular weight excluding hydrogens is 314 g/mol. The van der Waals surface area contributed by atoms with Gasteiger partial charge in [-0.05, 0) is 37.6 Å². The third kappa shape index (κ3) is 2.28. The summed E-state index contributed by atoms with van der Waals surface area (Å²) in [6.07, 6.45) is 0. The van der Waals surface area contributed by atoms with E-state index in [1.165, 1.54) is 5.56 Å². The summed E-state index contributed by atoms with van der Waals surface area (Å²) in [4.78, 5) is 0. The Morgan fingerprint density at radius 3 is 2.45 bits per heavy atom. The summed E-state index contributed by atoms with van der Waals surface area (Å²) in [5, 5.41) is 1.12. The first-order chi connectivity index (χ1) is 9.56. The third-order valence-electron chi connectivity index (χ3n) is 3.66. The molecule has 0 aliphatic heterocycles. The quantitative estimate of drug-likeness (QED) is 0.729. The summed E-state index contributed by atoms with van der Waals surface area (Å²) >= 11 is 3.46. The summed E-state index contributed by atoms with van der Waals surface area (Å²) in [6.45, 7) is 4.13. The molecule has 0 amide bonds.